The van der Waals surface area contributed by atoms with Crippen molar-refractivity contribution >= 4 is 27.6 Å². The molecule has 17 heteroatoms. The molecular formula is C48H88O15P2. The van der Waals surface area contributed by atoms with E-state index in [0.29, 0.717) is 12.8 Å². The lowest BCUT2D eigenvalue weighted by Crippen LogP contribution is -2.30. The molecular weight excluding hydrogens is 878 g/mol. The predicted molar refractivity (Wildman–Crippen MR) is 256 cm³/mol. The topological polar surface area (TPSA) is 236 Å². The molecule has 0 aliphatic heterocycles. The quantitative estimate of drug-likeness (QED) is 0.0109. The number of phosphoric ester groups is 2. The van der Waals surface area contributed by atoms with E-state index in [9.17, 15) is 38.9 Å². The Morgan fingerprint density at radius 3 is 1.60 bits per heavy atom. The largest absolute Gasteiger partial charge is 0.472 e. The predicted octanol–water partition coefficient (Wildman–Crippen LogP) is 10.8. The van der Waals surface area contributed by atoms with Gasteiger partial charge in [0, 0.05) is 12.8 Å². The number of aliphatic hydroxyl groups excluding tert-OH is 3. The van der Waals surface area contributed by atoms with Crippen molar-refractivity contribution in [3.05, 3.63) is 48.6 Å². The van der Waals surface area contributed by atoms with E-state index in [1.165, 1.54) is 89.9 Å². The van der Waals surface area contributed by atoms with Crippen LogP contribution in [-0.2, 0) is 41.8 Å². The Morgan fingerprint density at radius 2 is 1.05 bits per heavy atom. The zero-order chi connectivity index (χ0) is 48.4. The monoisotopic (exact) mass is 967 g/mol. The second-order valence-electron chi connectivity index (χ2n) is 17.3. The lowest BCUT2D eigenvalue weighted by Gasteiger charge is -2.20. The first-order valence-corrected chi connectivity index (χ1v) is 27.4. The highest BCUT2D eigenvalue weighted by atomic mass is 31.2. The fraction of sp³-hybridized carbons (Fsp3) is 0.792. The highest BCUT2D eigenvalue weighted by Gasteiger charge is 2.28. The van der Waals surface area contributed by atoms with Gasteiger partial charge in [-0.3, -0.25) is 23.2 Å². The van der Waals surface area contributed by atoms with Gasteiger partial charge in [-0.05, 0) is 44.4 Å². The second-order valence-corrected chi connectivity index (χ2v) is 20.0. The lowest BCUT2D eigenvalue weighted by molar-refractivity contribution is -0.161. The summed E-state index contributed by atoms with van der Waals surface area (Å²) in [5.41, 5.74) is 0. The van der Waals surface area contributed by atoms with Crippen molar-refractivity contribution in [2.75, 3.05) is 26.4 Å². The van der Waals surface area contributed by atoms with Crippen molar-refractivity contribution in [1.82, 2.24) is 0 Å². The molecule has 0 aromatic carbocycles. The highest BCUT2D eigenvalue weighted by molar-refractivity contribution is 7.47. The van der Waals surface area contributed by atoms with E-state index in [-0.39, 0.29) is 25.7 Å². The number of hydrogen-bond acceptors (Lipinski definition) is 12. The van der Waals surface area contributed by atoms with Gasteiger partial charge in [-0.2, -0.15) is 0 Å². The summed E-state index contributed by atoms with van der Waals surface area (Å²) in [6.45, 7) is 3.78. The number of esters is 2. The number of phosphoric acid groups is 2. The van der Waals surface area contributed by atoms with Crippen molar-refractivity contribution in [1.29, 1.82) is 0 Å². The number of ether oxygens (including phenoxy) is 2. The average molecular weight is 967 g/mol. The molecule has 0 spiro atoms. The van der Waals surface area contributed by atoms with E-state index in [2.05, 4.69) is 35.9 Å². The fourth-order valence-corrected chi connectivity index (χ4v) is 7.71. The summed E-state index contributed by atoms with van der Waals surface area (Å²) in [6, 6.07) is 0. The molecule has 380 valence electrons. The molecule has 6 N–H and O–H groups in total. The Hall–Kier alpha value is -2.00. The van der Waals surface area contributed by atoms with Gasteiger partial charge in [0.15, 0.2) is 6.10 Å². The molecule has 1 unspecified atom stereocenters. The molecule has 0 aliphatic carbocycles. The van der Waals surface area contributed by atoms with Crippen LogP contribution in [0.15, 0.2) is 48.6 Å². The summed E-state index contributed by atoms with van der Waals surface area (Å²) in [5, 5.41) is 30.1. The van der Waals surface area contributed by atoms with Crippen LogP contribution in [-0.4, -0.2) is 92.8 Å². The molecule has 65 heavy (non-hydrogen) atoms. The van der Waals surface area contributed by atoms with Crippen LogP contribution in [0.1, 0.15) is 188 Å². The molecule has 0 aromatic rings. The molecule has 0 saturated heterocycles. The van der Waals surface area contributed by atoms with E-state index < -0.39 is 78.4 Å². The van der Waals surface area contributed by atoms with Gasteiger partial charge in [-0.15, -0.1) is 0 Å². The maximum Gasteiger partial charge on any atom is 0.472 e. The summed E-state index contributed by atoms with van der Waals surface area (Å²) in [4.78, 5) is 52.9. The molecule has 0 rings (SSSR count). The van der Waals surface area contributed by atoms with Crippen LogP contribution in [0, 0.1) is 5.92 Å². The number of allylic oxidation sites excluding steroid dienone is 5. The minimum absolute atomic E-state index is 0.0645. The minimum atomic E-state index is -4.89. The van der Waals surface area contributed by atoms with Crippen molar-refractivity contribution in [3.63, 3.8) is 0 Å². The summed E-state index contributed by atoms with van der Waals surface area (Å²) in [5.74, 6) is -0.456. The molecule has 5 atom stereocenters. The smallest absolute Gasteiger partial charge is 0.462 e. The molecule has 0 saturated carbocycles. The molecule has 0 heterocycles. The maximum absolute atomic E-state index is 12.7. The van der Waals surface area contributed by atoms with Crippen LogP contribution >= 0.6 is 15.6 Å². The Labute approximate surface area is 391 Å². The van der Waals surface area contributed by atoms with Gasteiger partial charge in [-0.1, -0.05) is 185 Å². The highest BCUT2D eigenvalue weighted by Crippen LogP contribution is 2.44. The first-order chi connectivity index (χ1) is 31.0. The third kappa shape index (κ3) is 46.9. The van der Waals surface area contributed by atoms with E-state index in [4.69, 9.17) is 23.8 Å². The third-order valence-corrected chi connectivity index (χ3v) is 11.8. The van der Waals surface area contributed by atoms with Gasteiger partial charge in [0.1, 0.15) is 12.7 Å². The van der Waals surface area contributed by atoms with Gasteiger partial charge in [0.2, 0.25) is 0 Å². The van der Waals surface area contributed by atoms with Crippen LogP contribution < -0.4 is 0 Å². The summed E-state index contributed by atoms with van der Waals surface area (Å²) >= 11 is 0. The molecule has 0 fully saturated rings. The van der Waals surface area contributed by atoms with Crippen LogP contribution in [0.25, 0.3) is 0 Å². The molecule has 15 nitrogen and oxygen atoms in total. The number of hydrogen-bond donors (Lipinski definition) is 6. The summed E-state index contributed by atoms with van der Waals surface area (Å²) in [6.07, 6.45) is 35.9. The van der Waals surface area contributed by atoms with Gasteiger partial charge in [-0.25, -0.2) is 9.13 Å². The number of unbranched alkanes of at least 4 members (excludes halogenated alkanes) is 18. The Bertz CT molecular complexity index is 1380. The fourth-order valence-electron chi connectivity index (χ4n) is 6.55. The number of carbonyl (C=O) groups is 2. The van der Waals surface area contributed by atoms with Crippen molar-refractivity contribution < 1.29 is 71.8 Å². The van der Waals surface area contributed by atoms with Gasteiger partial charge in [0.05, 0.1) is 32.0 Å². The Kier molecular flexibility index (Phi) is 40.8. The van der Waals surface area contributed by atoms with E-state index in [1.807, 2.05) is 6.08 Å². The number of aliphatic hydroxyl groups is 3. The van der Waals surface area contributed by atoms with Crippen molar-refractivity contribution in [3.8, 4) is 0 Å². The average Bonchev–Trinajstić information content (AvgIpc) is 3.24. The summed E-state index contributed by atoms with van der Waals surface area (Å²) in [7, 11) is -9.76. The van der Waals surface area contributed by atoms with Gasteiger partial charge >= 0.3 is 27.6 Å². The third-order valence-electron chi connectivity index (χ3n) is 10.3. The van der Waals surface area contributed by atoms with Crippen LogP contribution in [0.4, 0.5) is 0 Å². The zero-order valence-electron chi connectivity index (χ0n) is 40.0. The standard InChI is InChI=1S/C48H88O15P2/c1-4-5-6-7-21-26-32-43(49)33-27-23-24-28-34-44(50)35-30-37-47(52)59-40-46(41-62-65(57,58)61-39-45(51)38-60-64(54,55)56)63-48(53)36-29-22-19-17-15-13-11-9-8-10-12-14-16-18-20-25-31-42(2)3/h21,23-24,26-28,33-34,42-46,49-51H,4-20,22,25,29-32,35-41H2,1-3H3,(H,57,58)(H2,54,55,56)/b24-23+,26-21-,33-27+,34-28-/t43-,44-,45+,46-/m1/s1. The lowest BCUT2D eigenvalue weighted by atomic mass is 10.0. The molecule has 0 radical (unpaired) electrons. The molecule has 0 aromatic heterocycles. The Balaban J connectivity index is 4.65. The van der Waals surface area contributed by atoms with Crippen LogP contribution in [0.5, 0.6) is 0 Å². The SMILES string of the molecule is CCCCC/C=C\C[C@@H](O)/C=C/C=C/C=C\[C@@H](O)CCCC(=O)OC[C@H](COP(=O)(O)OC[C@@H](O)COP(=O)(O)O)OC(=O)CCCCCCCCCCCCCCCCCCC(C)C. The second kappa shape index (κ2) is 42.1. The van der Waals surface area contributed by atoms with E-state index in [0.717, 1.165) is 44.4 Å². The van der Waals surface area contributed by atoms with Crippen molar-refractivity contribution in [2.45, 2.75) is 212 Å². The van der Waals surface area contributed by atoms with E-state index in [1.54, 1.807) is 36.5 Å². The maximum atomic E-state index is 12.7. The minimum Gasteiger partial charge on any atom is -0.462 e. The summed E-state index contributed by atoms with van der Waals surface area (Å²) < 4.78 is 47.7. The van der Waals surface area contributed by atoms with Crippen LogP contribution in [0.2, 0.25) is 0 Å². The normalized spacial score (nSPS) is 15.4. The first-order valence-electron chi connectivity index (χ1n) is 24.4. The van der Waals surface area contributed by atoms with Crippen LogP contribution in [0.3, 0.4) is 0 Å². The molecule has 0 aliphatic rings. The van der Waals surface area contributed by atoms with Gasteiger partial charge in [0.25, 0.3) is 0 Å². The molecule has 0 bridgehead atoms. The Morgan fingerprint density at radius 1 is 0.538 bits per heavy atom. The zero-order valence-corrected chi connectivity index (χ0v) is 41.8. The number of carbonyl (C=O) groups excluding carboxylic acids is 2. The molecule has 0 amide bonds. The first kappa shape index (κ1) is 63.0. The van der Waals surface area contributed by atoms with E-state index >= 15 is 0 Å². The van der Waals surface area contributed by atoms with Gasteiger partial charge < -0.3 is 39.5 Å². The number of rotatable bonds is 45. The van der Waals surface area contributed by atoms with Crippen molar-refractivity contribution in [2.24, 2.45) is 5.92 Å².